The molecular weight excluding hydrogens is 362 g/mol. The molecule has 0 spiro atoms. The third-order valence-electron chi connectivity index (χ3n) is 4.59. The average molecular weight is 380 g/mol. The van der Waals surface area contributed by atoms with E-state index in [1.807, 2.05) is 56.3 Å². The second kappa shape index (κ2) is 6.75. The molecule has 4 rings (SSSR count). The van der Waals surface area contributed by atoms with Crippen molar-refractivity contribution in [3.8, 4) is 0 Å². The molecule has 1 amide bonds. The monoisotopic (exact) mass is 379 g/mol. The molecule has 0 aliphatic heterocycles. The van der Waals surface area contributed by atoms with Gasteiger partial charge >= 0.3 is 0 Å². The van der Waals surface area contributed by atoms with E-state index in [1.54, 1.807) is 4.90 Å². The molecule has 26 heavy (non-hydrogen) atoms. The molecule has 4 aromatic rings. The minimum absolute atomic E-state index is 0.0478. The van der Waals surface area contributed by atoms with Gasteiger partial charge in [-0.3, -0.25) is 4.79 Å². The molecule has 0 bridgehead atoms. The van der Waals surface area contributed by atoms with Crippen molar-refractivity contribution in [2.45, 2.75) is 13.8 Å². The summed E-state index contributed by atoms with van der Waals surface area (Å²) >= 11 is 8.18. The highest BCUT2D eigenvalue weighted by Gasteiger charge is 2.23. The third kappa shape index (κ3) is 2.77. The van der Waals surface area contributed by atoms with Gasteiger partial charge in [0.05, 0.1) is 5.02 Å². The number of hydrogen-bond donors (Lipinski definition) is 0. The van der Waals surface area contributed by atoms with E-state index >= 15 is 0 Å². The van der Waals surface area contributed by atoms with Gasteiger partial charge in [0, 0.05) is 22.3 Å². The van der Waals surface area contributed by atoms with Crippen LogP contribution >= 0.6 is 22.9 Å². The number of rotatable bonds is 3. The Morgan fingerprint density at radius 3 is 2.65 bits per heavy atom. The molecule has 0 radical (unpaired) electrons. The summed E-state index contributed by atoms with van der Waals surface area (Å²) in [4.78, 5) is 15.6. The van der Waals surface area contributed by atoms with E-state index in [9.17, 15) is 4.79 Å². The smallest absolute Gasteiger partial charge is 0.269 e. The highest BCUT2D eigenvalue weighted by Crippen LogP contribution is 2.40. The van der Waals surface area contributed by atoms with Gasteiger partial charge in [-0.15, -0.1) is 11.3 Å². The maximum atomic E-state index is 13.3. The van der Waals surface area contributed by atoms with Crippen LogP contribution in [0.15, 0.2) is 60.7 Å². The average Bonchev–Trinajstić information content (AvgIpc) is 2.99. The van der Waals surface area contributed by atoms with Gasteiger partial charge in [-0.05, 0) is 48.4 Å². The van der Waals surface area contributed by atoms with Crippen LogP contribution in [0.4, 0.5) is 5.69 Å². The summed E-state index contributed by atoms with van der Waals surface area (Å²) in [5.74, 6) is -0.0478. The number of benzene rings is 3. The molecule has 0 aliphatic carbocycles. The first kappa shape index (κ1) is 17.1. The topological polar surface area (TPSA) is 20.3 Å². The van der Waals surface area contributed by atoms with Crippen molar-refractivity contribution in [3.63, 3.8) is 0 Å². The maximum absolute atomic E-state index is 13.3. The number of anilines is 1. The molecule has 4 heteroatoms. The van der Waals surface area contributed by atoms with Crippen molar-refractivity contribution >= 4 is 55.4 Å². The molecule has 0 atom stereocenters. The number of carbonyl (C=O) groups is 1. The number of aryl methyl sites for hydroxylation is 1. The summed E-state index contributed by atoms with van der Waals surface area (Å²) in [6, 6.07) is 20.3. The summed E-state index contributed by atoms with van der Waals surface area (Å²) in [5, 5.41) is 3.74. The molecule has 0 unspecified atom stereocenters. The lowest BCUT2D eigenvalue weighted by atomic mass is 10.1. The maximum Gasteiger partial charge on any atom is 0.269 e. The normalized spacial score (nSPS) is 11.2. The van der Waals surface area contributed by atoms with Crippen molar-refractivity contribution in [1.82, 2.24) is 0 Å². The van der Waals surface area contributed by atoms with Crippen molar-refractivity contribution in [3.05, 3.63) is 76.1 Å². The summed E-state index contributed by atoms with van der Waals surface area (Å²) in [6.07, 6.45) is 0. The predicted molar refractivity (Wildman–Crippen MR) is 113 cm³/mol. The lowest BCUT2D eigenvalue weighted by Gasteiger charge is -2.21. The molecule has 0 saturated heterocycles. The van der Waals surface area contributed by atoms with E-state index in [1.165, 1.54) is 11.3 Å². The number of amides is 1. The largest absolute Gasteiger partial charge is 0.308 e. The Morgan fingerprint density at radius 1 is 1.08 bits per heavy atom. The Hall–Kier alpha value is -2.36. The van der Waals surface area contributed by atoms with E-state index < -0.39 is 0 Å². The number of hydrogen-bond acceptors (Lipinski definition) is 2. The van der Waals surface area contributed by atoms with Crippen molar-refractivity contribution in [1.29, 1.82) is 0 Å². The lowest BCUT2D eigenvalue weighted by Crippen LogP contribution is -2.30. The minimum atomic E-state index is -0.0478. The van der Waals surface area contributed by atoms with Crippen LogP contribution in [0.2, 0.25) is 5.02 Å². The van der Waals surface area contributed by atoms with E-state index in [-0.39, 0.29) is 5.91 Å². The van der Waals surface area contributed by atoms with E-state index in [2.05, 4.69) is 18.2 Å². The molecule has 0 fully saturated rings. The molecule has 3 aromatic carbocycles. The molecule has 2 nitrogen and oxygen atoms in total. The first-order chi connectivity index (χ1) is 12.6. The second-order valence-electron chi connectivity index (χ2n) is 6.29. The first-order valence-corrected chi connectivity index (χ1v) is 9.78. The number of halogens is 1. The molecular formula is C22H18ClNOS. The standard InChI is InChI=1S/C22H18ClNOS/c1-3-24(16-9-6-7-14(2)13-16)22(25)21-20(23)19-17-10-5-4-8-15(17)11-12-18(19)26-21/h4-13H,3H2,1-2H3. The van der Waals surface area contributed by atoms with Crippen LogP contribution in [0.5, 0.6) is 0 Å². The Kier molecular flexibility index (Phi) is 4.43. The predicted octanol–water partition coefficient (Wildman–Crippen LogP) is 6.68. The fraction of sp³-hybridized carbons (Fsp3) is 0.136. The van der Waals surface area contributed by atoms with Gasteiger partial charge in [0.25, 0.3) is 5.91 Å². The van der Waals surface area contributed by atoms with E-state index in [0.29, 0.717) is 16.4 Å². The summed E-state index contributed by atoms with van der Waals surface area (Å²) in [6.45, 7) is 4.60. The quantitative estimate of drug-likeness (QED) is 0.388. The van der Waals surface area contributed by atoms with E-state index in [4.69, 9.17) is 11.6 Å². The minimum Gasteiger partial charge on any atom is -0.308 e. The summed E-state index contributed by atoms with van der Waals surface area (Å²) in [5.41, 5.74) is 2.03. The number of carbonyl (C=O) groups excluding carboxylic acids is 1. The third-order valence-corrected chi connectivity index (χ3v) is 6.22. The molecule has 0 aliphatic rings. The fourth-order valence-corrected chi connectivity index (χ4v) is 4.85. The van der Waals surface area contributed by atoms with Crippen LogP contribution in [0.1, 0.15) is 22.2 Å². The van der Waals surface area contributed by atoms with Gasteiger partial charge < -0.3 is 4.90 Å². The zero-order chi connectivity index (χ0) is 18.3. The van der Waals surface area contributed by atoms with Gasteiger partial charge in [0.2, 0.25) is 0 Å². The molecule has 0 saturated carbocycles. The lowest BCUT2D eigenvalue weighted by molar-refractivity contribution is 0.0992. The van der Waals surface area contributed by atoms with Crippen LogP contribution in [0.3, 0.4) is 0 Å². The SMILES string of the molecule is CCN(C(=O)c1sc2ccc3ccccc3c2c1Cl)c1cccc(C)c1. The molecule has 1 heterocycles. The summed E-state index contributed by atoms with van der Waals surface area (Å²) in [7, 11) is 0. The van der Waals surface area contributed by atoms with Gasteiger partial charge in [-0.25, -0.2) is 0 Å². The van der Waals surface area contributed by atoms with Crippen LogP contribution in [0, 0.1) is 6.92 Å². The van der Waals surface area contributed by atoms with E-state index in [0.717, 1.165) is 32.1 Å². The zero-order valence-corrected chi connectivity index (χ0v) is 16.2. The Balaban J connectivity index is 1.86. The van der Waals surface area contributed by atoms with Crippen molar-refractivity contribution in [2.24, 2.45) is 0 Å². The molecule has 1 aromatic heterocycles. The summed E-state index contributed by atoms with van der Waals surface area (Å²) < 4.78 is 1.04. The highest BCUT2D eigenvalue weighted by atomic mass is 35.5. The van der Waals surface area contributed by atoms with Crippen molar-refractivity contribution < 1.29 is 4.79 Å². The van der Waals surface area contributed by atoms with Crippen LogP contribution in [0.25, 0.3) is 20.9 Å². The fourth-order valence-electron chi connectivity index (χ4n) is 3.33. The zero-order valence-electron chi connectivity index (χ0n) is 14.6. The van der Waals surface area contributed by atoms with Crippen LogP contribution < -0.4 is 4.90 Å². The van der Waals surface area contributed by atoms with Crippen LogP contribution in [-0.2, 0) is 0 Å². The Bertz CT molecular complexity index is 1130. The second-order valence-corrected chi connectivity index (χ2v) is 7.72. The Labute approximate surface area is 161 Å². The van der Waals surface area contributed by atoms with Gasteiger partial charge in [0.15, 0.2) is 0 Å². The number of nitrogens with zero attached hydrogens (tertiary/aromatic N) is 1. The van der Waals surface area contributed by atoms with Gasteiger partial charge in [0.1, 0.15) is 4.88 Å². The first-order valence-electron chi connectivity index (χ1n) is 8.58. The van der Waals surface area contributed by atoms with Crippen molar-refractivity contribution in [2.75, 3.05) is 11.4 Å². The molecule has 130 valence electrons. The highest BCUT2D eigenvalue weighted by molar-refractivity contribution is 7.22. The van der Waals surface area contributed by atoms with Gasteiger partial charge in [-0.1, -0.05) is 54.1 Å². The molecule has 0 N–H and O–H groups in total. The van der Waals surface area contributed by atoms with Crippen LogP contribution in [-0.4, -0.2) is 12.5 Å². The Morgan fingerprint density at radius 2 is 1.88 bits per heavy atom. The number of fused-ring (bicyclic) bond motifs is 3. The number of thiophene rings is 1. The van der Waals surface area contributed by atoms with Gasteiger partial charge in [-0.2, -0.15) is 0 Å².